The number of aliphatic carboxylic acids is 1. The Bertz CT molecular complexity index is 210. The number of nitrogens with zero attached hydrogens (tertiary/aromatic N) is 3. The normalized spacial score (nSPS) is 4.95. The van der Waals surface area contributed by atoms with Crippen LogP contribution in [0.25, 0.3) is 0 Å². The molecule has 20 heteroatoms. The van der Waals surface area contributed by atoms with Crippen molar-refractivity contribution in [1.29, 1.82) is 0 Å². The summed E-state index contributed by atoms with van der Waals surface area (Å²) in [4.78, 5) is 34.0. The third-order valence-electron chi connectivity index (χ3n) is 0.175. The fourth-order valence-electron chi connectivity index (χ4n) is 0. The van der Waals surface area contributed by atoms with Gasteiger partial charge in [0.15, 0.2) is 0 Å². The number of hydrogen-bond acceptors (Lipinski definition) is 15. The molecule has 0 atom stereocenters. The third kappa shape index (κ3) is 12000. The Morgan fingerprint density at radius 1 is 0.773 bits per heavy atom. The Hall–Kier alpha value is -2.62. The predicted molar refractivity (Wildman–Crippen MR) is 67.9 cm³/mol. The fourth-order valence-corrected chi connectivity index (χ4v) is 0. The molecule has 0 spiro atoms. The van der Waals surface area contributed by atoms with Crippen LogP contribution in [0.2, 0.25) is 0 Å². The van der Waals surface area contributed by atoms with Crippen LogP contribution in [0.15, 0.2) is 0 Å². The van der Waals surface area contributed by atoms with Crippen LogP contribution >= 0.6 is 0 Å². The number of hydrogen-bond donors (Lipinski definition) is 6. The van der Waals surface area contributed by atoms with Crippen molar-refractivity contribution in [3.63, 3.8) is 0 Å². The van der Waals surface area contributed by atoms with Crippen LogP contribution in [0.4, 0.5) is 0 Å². The molecular formula is C2H17CoN8O11. The first kappa shape index (κ1) is 60.8. The number of carbonyl (C=O) groups is 1. The van der Waals surface area contributed by atoms with E-state index in [0.717, 1.165) is 0 Å². The molecule has 22 heavy (non-hydrogen) atoms. The van der Waals surface area contributed by atoms with Crippen molar-refractivity contribution < 1.29 is 41.9 Å². The van der Waals surface area contributed by atoms with Crippen molar-refractivity contribution in [2.24, 2.45) is 5.73 Å². The molecule has 0 radical (unpaired) electrons. The van der Waals surface area contributed by atoms with Crippen LogP contribution in [0.5, 0.6) is 0 Å². The van der Waals surface area contributed by atoms with Gasteiger partial charge >= 0.3 is 22.7 Å². The van der Waals surface area contributed by atoms with Gasteiger partial charge in [0.2, 0.25) is 0 Å². The van der Waals surface area contributed by atoms with Crippen molar-refractivity contribution in [3.05, 3.63) is 46.0 Å². The fraction of sp³-hybridized carbons (Fsp3) is 0.500. The second kappa shape index (κ2) is 51.5. The van der Waals surface area contributed by atoms with Crippen LogP contribution in [0.3, 0.4) is 0 Å². The van der Waals surface area contributed by atoms with E-state index >= 15 is 0 Å². The van der Waals surface area contributed by atoms with Crippen molar-refractivity contribution >= 4 is 5.97 Å². The summed E-state index contributed by atoms with van der Waals surface area (Å²) in [7, 11) is 0. The summed E-state index contributed by atoms with van der Waals surface area (Å²) in [6.45, 7) is -0.278. The summed E-state index contributed by atoms with van der Waals surface area (Å²) in [6.07, 6.45) is 0. The van der Waals surface area contributed by atoms with Gasteiger partial charge in [0, 0.05) is 0 Å². The molecule has 0 aromatic heterocycles. The maximum atomic E-state index is 9.24. The molecule has 0 fully saturated rings. The molecule has 0 amide bonds. The third-order valence-corrected chi connectivity index (χ3v) is 0.175. The number of carboxylic acids is 1. The van der Waals surface area contributed by atoms with Gasteiger partial charge in [-0.3, -0.25) is 4.79 Å². The van der Waals surface area contributed by atoms with E-state index in [1.165, 1.54) is 0 Å². The van der Waals surface area contributed by atoms with Crippen LogP contribution in [0, 0.1) is 46.0 Å². The zero-order chi connectivity index (χ0) is 15.0. The minimum atomic E-state index is -1.75. The van der Waals surface area contributed by atoms with E-state index in [-0.39, 0.29) is 47.9 Å². The molecule has 0 rings (SSSR count). The molecule has 0 saturated heterocycles. The van der Waals surface area contributed by atoms with Gasteiger partial charge in [0.05, 0.1) is 21.8 Å². The van der Waals surface area contributed by atoms with Gasteiger partial charge in [-0.05, 0) is 0 Å². The van der Waals surface area contributed by atoms with Gasteiger partial charge in [-0.25, -0.2) is 0 Å². The molecule has 0 unspecified atom stereocenters. The molecule has 0 bridgehead atoms. The van der Waals surface area contributed by atoms with E-state index in [2.05, 4.69) is 5.73 Å². The molecule has 0 aromatic rings. The standard InChI is InChI=1S/C2H5NO2.Co.3NO3.4H3N/c3-1-2(4)5;;3*2-1(3)4;;;;/h1,3H2,(H,4,5);;;;;4*1H3/q;+3;3*-1;;;;. The summed E-state index contributed by atoms with van der Waals surface area (Å²) < 4.78 is 0. The summed E-state index contributed by atoms with van der Waals surface area (Å²) in [5.41, 5.74) is 4.57. The number of nitrogens with two attached hydrogens (primary N) is 1. The smallest absolute Gasteiger partial charge is 0.480 e. The Labute approximate surface area is 131 Å². The van der Waals surface area contributed by atoms with Gasteiger partial charge in [0.1, 0.15) is 0 Å². The molecule has 140 valence electrons. The van der Waals surface area contributed by atoms with Gasteiger partial charge in [-0.2, -0.15) is 0 Å². The molecule has 0 aliphatic rings. The van der Waals surface area contributed by atoms with E-state index in [0.29, 0.717) is 0 Å². The zero-order valence-corrected chi connectivity index (χ0v) is 11.9. The average molecular weight is 388 g/mol. The van der Waals surface area contributed by atoms with Crippen molar-refractivity contribution in [1.82, 2.24) is 24.6 Å². The first-order chi connectivity index (χ1) is 7.47. The van der Waals surface area contributed by atoms with Crippen molar-refractivity contribution in [2.75, 3.05) is 6.54 Å². The Morgan fingerprint density at radius 2 is 0.818 bits per heavy atom. The zero-order valence-electron chi connectivity index (χ0n) is 10.8. The Morgan fingerprint density at radius 3 is 0.818 bits per heavy atom. The van der Waals surface area contributed by atoms with Gasteiger partial charge < -0.3 is 81.4 Å². The SMILES string of the molecule is N.N.N.N.NCC(=O)O.O=[N+]([O-])[O-].O=[N+]([O-])[O-].O=[N+]([O-])[O-].[Co+3]. The monoisotopic (exact) mass is 388 g/mol. The molecule has 0 heterocycles. The summed E-state index contributed by atoms with van der Waals surface area (Å²) >= 11 is 0. The molecule has 0 saturated carbocycles. The van der Waals surface area contributed by atoms with E-state index in [4.69, 9.17) is 51.1 Å². The molecule has 0 aliphatic carbocycles. The molecule has 15 N–H and O–H groups in total. The number of carboxylic acid groups (broad SMARTS) is 1. The van der Waals surface area contributed by atoms with Gasteiger partial charge in [-0.15, -0.1) is 0 Å². The largest absolute Gasteiger partial charge is 3.00 e. The van der Waals surface area contributed by atoms with Gasteiger partial charge in [-0.1, -0.05) is 0 Å². The van der Waals surface area contributed by atoms with Crippen LogP contribution in [0.1, 0.15) is 0 Å². The first-order valence-electron chi connectivity index (χ1n) is 2.83. The summed E-state index contributed by atoms with van der Waals surface area (Å²) in [6, 6.07) is 0. The van der Waals surface area contributed by atoms with Crippen molar-refractivity contribution in [3.8, 4) is 0 Å². The van der Waals surface area contributed by atoms with Gasteiger partial charge in [0.25, 0.3) is 0 Å². The molecule has 0 aromatic carbocycles. The minimum absolute atomic E-state index is 0. The topological polar surface area (TPSA) is 402 Å². The van der Waals surface area contributed by atoms with Crippen molar-refractivity contribution in [2.45, 2.75) is 0 Å². The van der Waals surface area contributed by atoms with E-state index in [1.807, 2.05) is 0 Å². The maximum absolute atomic E-state index is 9.24. The van der Waals surface area contributed by atoms with E-state index < -0.39 is 21.2 Å². The summed E-state index contributed by atoms with van der Waals surface area (Å²) in [5, 5.41) is 51.8. The second-order valence-electron chi connectivity index (χ2n) is 1.27. The summed E-state index contributed by atoms with van der Waals surface area (Å²) in [5.74, 6) is -0.968. The average Bonchev–Trinajstić information content (AvgIpc) is 2.00. The van der Waals surface area contributed by atoms with Crippen LogP contribution < -0.4 is 30.3 Å². The maximum Gasteiger partial charge on any atom is 3.00 e. The second-order valence-corrected chi connectivity index (χ2v) is 1.27. The quantitative estimate of drug-likeness (QED) is 0.230. The number of rotatable bonds is 1. The molecule has 19 nitrogen and oxygen atoms in total. The van der Waals surface area contributed by atoms with E-state index in [1.54, 1.807) is 0 Å². The minimum Gasteiger partial charge on any atom is -0.480 e. The Kier molecular flexibility index (Phi) is 142. The molecular weight excluding hydrogens is 371 g/mol. The predicted octanol–water partition coefficient (Wildman–Crippen LogP) is -1.04. The first-order valence-corrected chi connectivity index (χ1v) is 2.83. The van der Waals surface area contributed by atoms with Crippen LogP contribution in [-0.2, 0) is 21.6 Å². The van der Waals surface area contributed by atoms with E-state index in [9.17, 15) is 4.79 Å². The molecule has 0 aliphatic heterocycles. The van der Waals surface area contributed by atoms with Crippen LogP contribution in [-0.4, -0.2) is 32.9 Å². The Balaban J connectivity index is -0.0000000137.